The van der Waals surface area contributed by atoms with E-state index in [0.717, 1.165) is 11.1 Å². The van der Waals surface area contributed by atoms with Gasteiger partial charge in [0.05, 0.1) is 29.6 Å². The summed E-state index contributed by atoms with van der Waals surface area (Å²) in [4.78, 5) is 42.4. The van der Waals surface area contributed by atoms with Crippen LogP contribution in [-0.4, -0.2) is 28.5 Å². The fraction of sp³-hybridized carbons (Fsp3) is 0.227. The Kier molecular flexibility index (Phi) is 3.71. The van der Waals surface area contributed by atoms with Crippen LogP contribution in [0.2, 0.25) is 5.02 Å². The van der Waals surface area contributed by atoms with Gasteiger partial charge in [-0.15, -0.1) is 0 Å². The van der Waals surface area contributed by atoms with Gasteiger partial charge in [-0.3, -0.25) is 14.4 Å². The van der Waals surface area contributed by atoms with Crippen LogP contribution in [0.4, 0.5) is 5.69 Å². The van der Waals surface area contributed by atoms with E-state index in [1.54, 1.807) is 24.3 Å². The number of ketones is 1. The third-order valence-corrected chi connectivity index (χ3v) is 6.21. The molecule has 6 heteroatoms. The fourth-order valence-electron chi connectivity index (χ4n) is 4.87. The van der Waals surface area contributed by atoms with E-state index in [2.05, 4.69) is 0 Å². The number of nitrogens with zero attached hydrogens (tertiary/aromatic N) is 2. The number of halogens is 1. The normalized spacial score (nSPS) is 27.6. The monoisotopic (exact) mass is 392 g/mol. The predicted octanol–water partition coefficient (Wildman–Crippen LogP) is 3.44. The lowest BCUT2D eigenvalue weighted by Gasteiger charge is -2.34. The van der Waals surface area contributed by atoms with Gasteiger partial charge in [-0.1, -0.05) is 35.9 Å². The second-order valence-corrected chi connectivity index (χ2v) is 7.87. The minimum atomic E-state index is -0.693. The van der Waals surface area contributed by atoms with E-state index in [0.29, 0.717) is 10.7 Å². The van der Waals surface area contributed by atoms with Gasteiger partial charge in [0.25, 0.3) is 0 Å². The number of amides is 2. The van der Waals surface area contributed by atoms with Crippen molar-refractivity contribution >= 4 is 41.0 Å². The lowest BCUT2D eigenvalue weighted by Crippen LogP contribution is -2.43. The van der Waals surface area contributed by atoms with Crippen molar-refractivity contribution in [2.75, 3.05) is 4.90 Å². The molecule has 2 amide bonds. The molecule has 0 saturated carbocycles. The van der Waals surface area contributed by atoms with Crippen LogP contribution in [0.25, 0.3) is 6.08 Å². The standard InChI is InChI=1S/C22H17ClN2O3/c1-12(26)19-17-18(20-16-5-3-2-4-13(16)10-11-24(19)20)22(28)25(21(17)27)15-8-6-14(23)7-9-15/h2-11,17-20H,1H3/t17-,18+,19+,20-/m1/s1. The Labute approximate surface area is 167 Å². The van der Waals surface area contributed by atoms with E-state index in [9.17, 15) is 14.4 Å². The van der Waals surface area contributed by atoms with Gasteiger partial charge in [-0.2, -0.15) is 0 Å². The van der Waals surface area contributed by atoms with Crippen LogP contribution in [0.3, 0.4) is 0 Å². The molecule has 28 heavy (non-hydrogen) atoms. The number of hydrogen-bond donors (Lipinski definition) is 0. The molecular weight excluding hydrogens is 376 g/mol. The average Bonchev–Trinajstić information content (AvgIpc) is 3.16. The summed E-state index contributed by atoms with van der Waals surface area (Å²) in [5, 5.41) is 0.530. The second kappa shape index (κ2) is 6.04. The largest absolute Gasteiger partial charge is 0.359 e. The fourth-order valence-corrected chi connectivity index (χ4v) is 4.99. The first kappa shape index (κ1) is 17.2. The molecule has 0 unspecified atom stereocenters. The van der Waals surface area contributed by atoms with Gasteiger partial charge in [-0.25, -0.2) is 4.90 Å². The quantitative estimate of drug-likeness (QED) is 0.734. The molecule has 140 valence electrons. The Morgan fingerprint density at radius 3 is 2.36 bits per heavy atom. The average molecular weight is 393 g/mol. The van der Waals surface area contributed by atoms with Crippen molar-refractivity contribution in [1.82, 2.24) is 4.90 Å². The minimum absolute atomic E-state index is 0.111. The zero-order valence-corrected chi connectivity index (χ0v) is 15.8. The molecule has 2 aromatic rings. The van der Waals surface area contributed by atoms with Crippen LogP contribution in [0.1, 0.15) is 24.1 Å². The van der Waals surface area contributed by atoms with Gasteiger partial charge >= 0.3 is 0 Å². The van der Waals surface area contributed by atoms with Crippen molar-refractivity contribution in [2.24, 2.45) is 11.8 Å². The van der Waals surface area contributed by atoms with Crippen molar-refractivity contribution in [3.8, 4) is 0 Å². The van der Waals surface area contributed by atoms with Crippen molar-refractivity contribution in [3.05, 3.63) is 70.9 Å². The third kappa shape index (κ3) is 2.23. The van der Waals surface area contributed by atoms with Crippen LogP contribution < -0.4 is 4.90 Å². The van der Waals surface area contributed by atoms with Crippen LogP contribution >= 0.6 is 11.6 Å². The Hall–Kier alpha value is -2.92. The van der Waals surface area contributed by atoms with Crippen molar-refractivity contribution < 1.29 is 14.4 Å². The van der Waals surface area contributed by atoms with Crippen LogP contribution in [0, 0.1) is 11.8 Å². The number of fused-ring (bicyclic) bond motifs is 5. The number of anilines is 1. The zero-order chi connectivity index (χ0) is 19.6. The molecule has 2 aromatic carbocycles. The predicted molar refractivity (Wildman–Crippen MR) is 105 cm³/mol. The first-order valence-corrected chi connectivity index (χ1v) is 9.55. The molecule has 0 aromatic heterocycles. The zero-order valence-electron chi connectivity index (χ0n) is 15.1. The molecule has 2 saturated heterocycles. The summed E-state index contributed by atoms with van der Waals surface area (Å²) in [7, 11) is 0. The number of imide groups is 1. The van der Waals surface area contributed by atoms with Gasteiger partial charge < -0.3 is 4.90 Å². The highest BCUT2D eigenvalue weighted by atomic mass is 35.5. The van der Waals surface area contributed by atoms with Crippen molar-refractivity contribution in [1.29, 1.82) is 0 Å². The lowest BCUT2D eigenvalue weighted by molar-refractivity contribution is -0.129. The first-order valence-electron chi connectivity index (χ1n) is 9.17. The Morgan fingerprint density at radius 2 is 1.64 bits per heavy atom. The summed E-state index contributed by atoms with van der Waals surface area (Å²) >= 11 is 5.95. The third-order valence-electron chi connectivity index (χ3n) is 5.96. The minimum Gasteiger partial charge on any atom is -0.359 e. The molecule has 0 aliphatic carbocycles. The molecular formula is C22H17ClN2O3. The lowest BCUT2D eigenvalue weighted by atomic mass is 9.84. The van der Waals surface area contributed by atoms with Crippen molar-refractivity contribution in [2.45, 2.75) is 19.0 Å². The first-order chi connectivity index (χ1) is 13.5. The molecule has 3 aliphatic rings. The maximum absolute atomic E-state index is 13.4. The van der Waals surface area contributed by atoms with Gasteiger partial charge in [0, 0.05) is 11.2 Å². The van der Waals surface area contributed by atoms with Crippen LogP contribution in [-0.2, 0) is 14.4 Å². The highest BCUT2D eigenvalue weighted by Gasteiger charge is 2.63. The van der Waals surface area contributed by atoms with Crippen molar-refractivity contribution in [3.63, 3.8) is 0 Å². The molecule has 4 atom stereocenters. The summed E-state index contributed by atoms with van der Waals surface area (Å²) in [6.07, 6.45) is 3.79. The maximum Gasteiger partial charge on any atom is 0.240 e. The molecule has 3 aliphatic heterocycles. The molecule has 0 radical (unpaired) electrons. The number of hydrogen-bond acceptors (Lipinski definition) is 4. The molecule has 5 nitrogen and oxygen atoms in total. The number of carbonyl (C=O) groups is 3. The molecule has 0 N–H and O–H groups in total. The number of rotatable bonds is 2. The SMILES string of the molecule is CC(=O)[C@H]1[C@@H]2C(=O)N(c3ccc(Cl)cc3)C(=O)[C@@H]2[C@H]2c3ccccc3C=CN21. The molecule has 5 rings (SSSR count). The van der Waals surface area contributed by atoms with E-state index in [1.165, 1.54) is 11.8 Å². The van der Waals surface area contributed by atoms with Crippen LogP contribution in [0.5, 0.6) is 0 Å². The molecule has 0 spiro atoms. The summed E-state index contributed by atoms with van der Waals surface area (Å²) in [5.74, 6) is -1.98. The maximum atomic E-state index is 13.4. The molecule has 3 heterocycles. The molecule has 2 fully saturated rings. The Balaban J connectivity index is 1.65. The van der Waals surface area contributed by atoms with E-state index in [1.807, 2.05) is 41.4 Å². The summed E-state index contributed by atoms with van der Waals surface area (Å²) in [5.41, 5.74) is 2.47. The second-order valence-electron chi connectivity index (χ2n) is 7.43. The number of Topliss-reactive ketones (excluding diaryl/α,β-unsaturated/α-hetero) is 1. The van der Waals surface area contributed by atoms with Gasteiger partial charge in [-0.05, 0) is 48.4 Å². The van der Waals surface area contributed by atoms with Gasteiger partial charge in [0.1, 0.15) is 0 Å². The summed E-state index contributed by atoms with van der Waals surface area (Å²) in [6, 6.07) is 13.5. The van der Waals surface area contributed by atoms with E-state index >= 15 is 0 Å². The molecule has 0 bridgehead atoms. The van der Waals surface area contributed by atoms with Gasteiger partial charge in [0.2, 0.25) is 11.8 Å². The highest BCUT2D eigenvalue weighted by molar-refractivity contribution is 6.31. The number of carbonyl (C=O) groups excluding carboxylic acids is 3. The van der Waals surface area contributed by atoms with Gasteiger partial charge in [0.15, 0.2) is 5.78 Å². The van der Waals surface area contributed by atoms with E-state index in [4.69, 9.17) is 11.6 Å². The highest BCUT2D eigenvalue weighted by Crippen LogP contribution is 2.53. The van der Waals surface area contributed by atoms with E-state index in [-0.39, 0.29) is 23.6 Å². The Bertz CT molecular complexity index is 1050. The smallest absolute Gasteiger partial charge is 0.240 e. The Morgan fingerprint density at radius 1 is 0.964 bits per heavy atom. The summed E-state index contributed by atoms with van der Waals surface area (Å²) < 4.78 is 0. The number of benzene rings is 2. The topological polar surface area (TPSA) is 57.7 Å². The summed E-state index contributed by atoms with van der Waals surface area (Å²) in [6.45, 7) is 1.49. The van der Waals surface area contributed by atoms with Crippen LogP contribution in [0.15, 0.2) is 54.7 Å². The van der Waals surface area contributed by atoms with E-state index < -0.39 is 17.9 Å².